The zero-order chi connectivity index (χ0) is 27.4. The molecule has 4 aromatic rings. The predicted octanol–water partition coefficient (Wildman–Crippen LogP) is 7.02. The molecule has 3 N–H and O–H groups in total. The van der Waals surface area contributed by atoms with E-state index in [9.17, 15) is 12.8 Å². The second kappa shape index (κ2) is 12.0. The Hall–Kier alpha value is -2.98. The summed E-state index contributed by atoms with van der Waals surface area (Å²) in [4.78, 5) is 9.40. The lowest BCUT2D eigenvalue weighted by Gasteiger charge is -2.28. The van der Waals surface area contributed by atoms with Gasteiger partial charge in [-0.15, -0.1) is 0 Å². The average molecular weight is 589 g/mol. The molecule has 1 saturated carbocycles. The number of halogens is 3. The number of hydrogen-bond donors (Lipinski definition) is 3. The zero-order valence-corrected chi connectivity index (χ0v) is 23.3. The Balaban J connectivity index is 1.17. The molecular weight excluding hydrogens is 560 g/mol. The third-order valence-corrected chi connectivity index (χ3v) is 8.75. The first kappa shape index (κ1) is 27.6. The smallest absolute Gasteiger partial charge is 0.240 e. The quantitative estimate of drug-likeness (QED) is 0.195. The molecule has 39 heavy (non-hydrogen) atoms. The van der Waals surface area contributed by atoms with Crippen LogP contribution >= 0.6 is 23.2 Å². The van der Waals surface area contributed by atoms with E-state index in [1.807, 2.05) is 24.3 Å². The van der Waals surface area contributed by atoms with E-state index < -0.39 is 10.0 Å². The van der Waals surface area contributed by atoms with Crippen LogP contribution in [0.25, 0.3) is 10.9 Å². The van der Waals surface area contributed by atoms with E-state index in [1.54, 1.807) is 12.1 Å². The molecule has 0 spiro atoms. The van der Waals surface area contributed by atoms with E-state index in [-0.39, 0.29) is 26.7 Å². The van der Waals surface area contributed by atoms with Gasteiger partial charge in [-0.3, -0.25) is 0 Å². The van der Waals surface area contributed by atoms with Crippen LogP contribution in [0.5, 0.6) is 0 Å². The lowest BCUT2D eigenvalue weighted by atomic mass is 9.82. The summed E-state index contributed by atoms with van der Waals surface area (Å²) in [6.07, 6.45) is 3.75. The van der Waals surface area contributed by atoms with Gasteiger partial charge in [-0.05, 0) is 86.1 Å². The number of benzene rings is 3. The van der Waals surface area contributed by atoms with E-state index in [1.165, 1.54) is 30.3 Å². The fraction of sp³-hybridized carbons (Fsp3) is 0.286. The Bertz CT molecular complexity index is 1560. The summed E-state index contributed by atoms with van der Waals surface area (Å²) < 4.78 is 41.8. The van der Waals surface area contributed by atoms with Crippen molar-refractivity contribution < 1.29 is 12.8 Å². The van der Waals surface area contributed by atoms with Gasteiger partial charge in [-0.1, -0.05) is 41.4 Å². The minimum atomic E-state index is -3.69. The van der Waals surface area contributed by atoms with Crippen molar-refractivity contribution in [2.75, 3.05) is 23.7 Å². The minimum Gasteiger partial charge on any atom is -0.354 e. The Kier molecular flexibility index (Phi) is 8.52. The maximum Gasteiger partial charge on any atom is 0.240 e. The van der Waals surface area contributed by atoms with Gasteiger partial charge in [0.2, 0.25) is 16.0 Å². The maximum atomic E-state index is 13.7. The molecule has 0 unspecified atom stereocenters. The van der Waals surface area contributed by atoms with Crippen molar-refractivity contribution in [2.45, 2.75) is 30.6 Å². The second-order valence-electron chi connectivity index (χ2n) is 9.77. The molecule has 0 bridgehead atoms. The lowest BCUT2D eigenvalue weighted by Crippen LogP contribution is -2.32. The Morgan fingerprint density at radius 1 is 0.846 bits per heavy atom. The molecule has 0 radical (unpaired) electrons. The molecule has 1 aliphatic carbocycles. The van der Waals surface area contributed by atoms with Crippen molar-refractivity contribution in [3.63, 3.8) is 0 Å². The van der Waals surface area contributed by atoms with Crippen LogP contribution in [0.2, 0.25) is 10.0 Å². The van der Waals surface area contributed by atoms with Gasteiger partial charge >= 0.3 is 0 Å². The first-order chi connectivity index (χ1) is 18.7. The van der Waals surface area contributed by atoms with Gasteiger partial charge in [0.25, 0.3) is 0 Å². The highest BCUT2D eigenvalue weighted by molar-refractivity contribution is 7.89. The highest BCUT2D eigenvalue weighted by atomic mass is 35.5. The molecule has 1 fully saturated rings. The largest absolute Gasteiger partial charge is 0.354 e. The molecular formula is C28H28Cl2FN5O2S. The van der Waals surface area contributed by atoms with Crippen LogP contribution < -0.4 is 15.4 Å². The summed E-state index contributed by atoms with van der Waals surface area (Å²) >= 11 is 11.9. The third kappa shape index (κ3) is 7.16. The van der Waals surface area contributed by atoms with Gasteiger partial charge in [-0.2, -0.15) is 4.98 Å². The number of nitrogens with zero attached hydrogens (tertiary/aromatic N) is 2. The molecule has 1 aliphatic rings. The number of para-hydroxylation sites is 1. The van der Waals surface area contributed by atoms with Crippen LogP contribution in [-0.4, -0.2) is 31.5 Å². The summed E-state index contributed by atoms with van der Waals surface area (Å²) in [7, 11) is -3.69. The van der Waals surface area contributed by atoms with Crippen LogP contribution in [0.15, 0.2) is 71.6 Å². The van der Waals surface area contributed by atoms with Crippen molar-refractivity contribution in [1.82, 2.24) is 14.7 Å². The SMILES string of the molecule is O=S(=O)(NCC1CCC(CNc2nc(Nc3cccc(F)c3)c3ccccc3n2)CC1)c1cc(Cl)cc(Cl)c1. The molecule has 204 valence electrons. The first-order valence-electron chi connectivity index (χ1n) is 12.7. The van der Waals surface area contributed by atoms with Gasteiger partial charge < -0.3 is 10.6 Å². The summed E-state index contributed by atoms with van der Waals surface area (Å²) in [5.41, 5.74) is 1.39. The lowest BCUT2D eigenvalue weighted by molar-refractivity contribution is 0.284. The summed E-state index contributed by atoms with van der Waals surface area (Å²) in [6.45, 7) is 1.08. The normalized spacial score (nSPS) is 17.7. The molecule has 0 amide bonds. The van der Waals surface area contributed by atoms with Crippen LogP contribution in [0, 0.1) is 17.7 Å². The van der Waals surface area contributed by atoms with E-state index >= 15 is 0 Å². The average Bonchev–Trinajstić information content (AvgIpc) is 2.91. The van der Waals surface area contributed by atoms with Gasteiger partial charge in [0.05, 0.1) is 10.4 Å². The Morgan fingerprint density at radius 3 is 2.26 bits per heavy atom. The molecule has 11 heteroatoms. The zero-order valence-electron chi connectivity index (χ0n) is 21.0. The van der Waals surface area contributed by atoms with Crippen LogP contribution in [0.1, 0.15) is 25.7 Å². The standard InChI is InChI=1S/C28H28Cl2FN5O2S/c29-20-12-21(30)14-24(13-20)39(37,38)33-17-19-10-8-18(9-11-19)16-32-28-35-26-7-2-1-6-25(26)27(36-28)34-23-5-3-4-22(31)15-23/h1-7,12-15,18-19,33H,8-11,16-17H2,(H2,32,34,35,36). The van der Waals surface area contributed by atoms with E-state index in [2.05, 4.69) is 25.3 Å². The number of fused-ring (bicyclic) bond motifs is 1. The third-order valence-electron chi connectivity index (χ3n) is 6.91. The molecule has 5 rings (SSSR count). The van der Waals surface area contributed by atoms with Crippen LogP contribution in [-0.2, 0) is 10.0 Å². The number of sulfonamides is 1. The second-order valence-corrected chi connectivity index (χ2v) is 12.4. The highest BCUT2D eigenvalue weighted by Gasteiger charge is 2.24. The first-order valence-corrected chi connectivity index (χ1v) is 15.0. The van der Waals surface area contributed by atoms with Gasteiger partial charge in [-0.25, -0.2) is 22.5 Å². The number of rotatable bonds is 9. The van der Waals surface area contributed by atoms with Crippen molar-refractivity contribution in [1.29, 1.82) is 0 Å². The van der Waals surface area contributed by atoms with Crippen LogP contribution in [0.4, 0.5) is 21.8 Å². The summed E-state index contributed by atoms with van der Waals surface area (Å²) in [6, 6.07) is 18.2. The molecule has 0 saturated heterocycles. The van der Waals surface area contributed by atoms with E-state index in [4.69, 9.17) is 23.2 Å². The van der Waals surface area contributed by atoms with Crippen molar-refractivity contribution >= 4 is 61.6 Å². The van der Waals surface area contributed by atoms with Gasteiger partial charge in [0.15, 0.2) is 0 Å². The Morgan fingerprint density at radius 2 is 1.54 bits per heavy atom. The molecule has 1 heterocycles. The van der Waals surface area contributed by atoms with Gasteiger partial charge in [0.1, 0.15) is 11.6 Å². The van der Waals surface area contributed by atoms with Crippen molar-refractivity contribution in [3.8, 4) is 0 Å². The summed E-state index contributed by atoms with van der Waals surface area (Å²) in [5.74, 6) is 1.45. The van der Waals surface area contributed by atoms with Crippen molar-refractivity contribution in [3.05, 3.63) is 82.6 Å². The molecule has 1 aromatic heterocycles. The Labute approximate surface area is 237 Å². The highest BCUT2D eigenvalue weighted by Crippen LogP contribution is 2.30. The minimum absolute atomic E-state index is 0.0690. The van der Waals surface area contributed by atoms with Crippen molar-refractivity contribution in [2.24, 2.45) is 11.8 Å². The molecule has 0 aliphatic heterocycles. The number of hydrogen-bond acceptors (Lipinski definition) is 6. The van der Waals surface area contributed by atoms with Gasteiger partial charge in [0, 0.05) is 34.2 Å². The molecule has 7 nitrogen and oxygen atoms in total. The van der Waals surface area contributed by atoms with E-state index in [0.29, 0.717) is 36.5 Å². The number of anilines is 3. The topological polar surface area (TPSA) is 96.0 Å². The fourth-order valence-electron chi connectivity index (χ4n) is 4.82. The monoisotopic (exact) mass is 587 g/mol. The molecule has 3 aromatic carbocycles. The summed E-state index contributed by atoms with van der Waals surface area (Å²) in [5, 5.41) is 7.99. The number of aromatic nitrogens is 2. The number of nitrogens with one attached hydrogen (secondary N) is 3. The van der Waals surface area contributed by atoms with Crippen LogP contribution in [0.3, 0.4) is 0 Å². The fourth-order valence-corrected chi connectivity index (χ4v) is 6.67. The molecule has 0 atom stereocenters. The van der Waals surface area contributed by atoms with E-state index in [0.717, 1.165) is 36.6 Å². The predicted molar refractivity (Wildman–Crippen MR) is 155 cm³/mol. The maximum absolute atomic E-state index is 13.7.